The monoisotopic (exact) mass is 842 g/mol. The summed E-state index contributed by atoms with van der Waals surface area (Å²) in [7, 11) is 3.71. The van der Waals surface area contributed by atoms with Crippen molar-refractivity contribution in [1.82, 2.24) is 15.0 Å². The number of amides is 1. The van der Waals surface area contributed by atoms with E-state index in [0.29, 0.717) is 29.1 Å². The number of ketones is 1. The molecule has 2 aromatic rings. The molecule has 2 aromatic heterocycles. The number of oxime groups is 1. The van der Waals surface area contributed by atoms with Crippen molar-refractivity contribution in [2.75, 3.05) is 33.0 Å². The van der Waals surface area contributed by atoms with Gasteiger partial charge in [0.05, 0.1) is 43.3 Å². The molecule has 3 aliphatic heterocycles. The van der Waals surface area contributed by atoms with E-state index in [9.17, 15) is 24.6 Å². The molecule has 0 aliphatic carbocycles. The maximum absolute atomic E-state index is 14.4. The molecule has 332 valence electrons. The van der Waals surface area contributed by atoms with Gasteiger partial charge in [0, 0.05) is 48.3 Å². The molecule has 18 nitrogen and oxygen atoms in total. The number of pyridine rings is 1. The Bertz CT molecular complexity index is 1850. The number of aliphatic imine (C=N–C) groups is 1. The number of carbonyl (C=O) groups excluding carboxylic acids is 3. The number of carbonyl (C=O) groups is 3. The van der Waals surface area contributed by atoms with Gasteiger partial charge in [-0.05, 0) is 66.1 Å². The summed E-state index contributed by atoms with van der Waals surface area (Å²) >= 11 is 0. The largest absolute Gasteiger partial charge is 0.459 e. The molecular formula is C42H62N6O12. The summed E-state index contributed by atoms with van der Waals surface area (Å²) in [6.07, 6.45) is -4.42. The minimum absolute atomic E-state index is 0.0102. The molecule has 13 atom stereocenters. The molecule has 0 spiro atoms. The number of aliphatic hydroxyl groups is 2. The molecule has 1 amide bonds. The number of aromatic nitrogens is 2. The van der Waals surface area contributed by atoms with E-state index in [2.05, 4.69) is 20.3 Å². The van der Waals surface area contributed by atoms with Crippen molar-refractivity contribution in [3.8, 4) is 11.4 Å². The lowest BCUT2D eigenvalue weighted by Gasteiger charge is -2.44. The van der Waals surface area contributed by atoms with Crippen LogP contribution >= 0.6 is 0 Å². The molecule has 3 saturated heterocycles. The first-order valence-electron chi connectivity index (χ1n) is 20.6. The van der Waals surface area contributed by atoms with E-state index in [1.54, 1.807) is 45.2 Å². The number of hydrogen-bond acceptors (Lipinski definition) is 17. The van der Waals surface area contributed by atoms with Crippen molar-refractivity contribution in [3.05, 3.63) is 30.0 Å². The Balaban J connectivity index is 1.59. The summed E-state index contributed by atoms with van der Waals surface area (Å²) in [4.78, 5) is 57.5. The Morgan fingerprint density at radius 1 is 1.07 bits per heavy atom. The third kappa shape index (κ3) is 11.0. The average molecular weight is 843 g/mol. The number of nitrogens with two attached hydrogens (primary N) is 1. The third-order valence-electron chi connectivity index (χ3n) is 11.7. The zero-order chi connectivity index (χ0) is 44.1. The van der Waals surface area contributed by atoms with Crippen LogP contribution in [0.15, 0.2) is 39.1 Å². The van der Waals surface area contributed by atoms with Crippen LogP contribution in [0.2, 0.25) is 0 Å². The van der Waals surface area contributed by atoms with E-state index in [4.69, 9.17) is 38.8 Å². The SMILES string of the molecule is CC[C@H]1OC(=O)[C@H](C)C(=O)[C@H](C)[C@@H](O[C@@H]2O[C@H](C)C[C@H](N(C)C)[C@H]2O)[C@H]2C[C@@H](C)C(=NC(C)=O)[C@H](C)[C@H](OC/C(=N\OCc3ccc(-c4cc(N)on4)nc3)CO2)[C@]1(C)O. The predicted octanol–water partition coefficient (Wildman–Crippen LogP) is 3.36. The summed E-state index contributed by atoms with van der Waals surface area (Å²) < 4.78 is 37.0. The Labute approximate surface area is 351 Å². The fourth-order valence-electron chi connectivity index (χ4n) is 8.39. The molecule has 5 heterocycles. The number of hydrogen-bond donors (Lipinski definition) is 3. The van der Waals surface area contributed by atoms with Gasteiger partial charge in [0.25, 0.3) is 0 Å². The van der Waals surface area contributed by atoms with Crippen LogP contribution in [-0.4, -0.2) is 136 Å². The fourth-order valence-corrected chi connectivity index (χ4v) is 8.39. The van der Waals surface area contributed by atoms with Gasteiger partial charge < -0.3 is 53.9 Å². The van der Waals surface area contributed by atoms with Crippen molar-refractivity contribution >= 4 is 35.0 Å². The molecule has 18 heteroatoms. The molecule has 3 fully saturated rings. The van der Waals surface area contributed by atoms with E-state index in [-0.39, 0.29) is 56.4 Å². The Kier molecular flexibility index (Phi) is 15.7. The van der Waals surface area contributed by atoms with Gasteiger partial charge in [-0.25, -0.2) is 4.99 Å². The van der Waals surface area contributed by atoms with Crippen LogP contribution < -0.4 is 5.73 Å². The van der Waals surface area contributed by atoms with E-state index >= 15 is 0 Å². The van der Waals surface area contributed by atoms with E-state index in [1.165, 1.54) is 20.8 Å². The number of ether oxygens (including phenoxy) is 5. The van der Waals surface area contributed by atoms with Crippen molar-refractivity contribution in [1.29, 1.82) is 0 Å². The first-order valence-corrected chi connectivity index (χ1v) is 20.6. The summed E-state index contributed by atoms with van der Waals surface area (Å²) in [5.74, 6) is -5.14. The molecule has 5 rings (SSSR count). The predicted molar refractivity (Wildman–Crippen MR) is 218 cm³/mol. The second-order valence-corrected chi connectivity index (χ2v) is 16.8. The molecule has 0 saturated carbocycles. The second-order valence-electron chi connectivity index (χ2n) is 16.8. The van der Waals surface area contributed by atoms with Gasteiger partial charge in [0.1, 0.15) is 41.7 Å². The first kappa shape index (κ1) is 46.9. The number of cyclic esters (lactones) is 1. The lowest BCUT2D eigenvalue weighted by Crippen LogP contribution is -2.58. The Morgan fingerprint density at radius 3 is 2.40 bits per heavy atom. The van der Waals surface area contributed by atoms with Crippen LogP contribution in [0.5, 0.6) is 0 Å². The van der Waals surface area contributed by atoms with E-state index < -0.39 is 83.7 Å². The number of rotatable bonds is 8. The fraction of sp³-hybridized carbons (Fsp3) is 0.690. The van der Waals surface area contributed by atoms with Crippen LogP contribution in [-0.2, 0) is 49.5 Å². The number of aliphatic hydroxyl groups excluding tert-OH is 1. The summed E-state index contributed by atoms with van der Waals surface area (Å²) in [5, 5.41) is 32.3. The Hall–Kier alpha value is -4.17. The van der Waals surface area contributed by atoms with Crippen LogP contribution in [0.4, 0.5) is 5.88 Å². The maximum atomic E-state index is 14.4. The minimum atomic E-state index is -1.86. The number of likely N-dealkylation sites (N-methyl/N-ethyl adjacent to an activating group) is 1. The zero-order valence-corrected chi connectivity index (χ0v) is 36.3. The van der Waals surface area contributed by atoms with Crippen molar-refractivity contribution in [2.45, 2.75) is 136 Å². The van der Waals surface area contributed by atoms with Gasteiger partial charge in [0.15, 0.2) is 12.1 Å². The van der Waals surface area contributed by atoms with E-state index in [0.717, 1.165) is 0 Å². The Morgan fingerprint density at radius 2 is 1.78 bits per heavy atom. The van der Waals surface area contributed by atoms with Gasteiger partial charge in [-0.2, -0.15) is 0 Å². The molecule has 0 unspecified atom stereocenters. The minimum Gasteiger partial charge on any atom is -0.459 e. The standard InChI is InChI=1S/C42H62N6O12/c1-11-33-42(8,53)39-23(4)35(45-26(7)49)21(2)14-32(54-19-28(20-55-39)46-56-18-27-12-13-29(44-17-27)30-16-34(43)60-47-30)38(24(5)36(50)25(6)40(52)58-33)59-41-37(51)31(48(9)10)15-22(3)57-41/h12-13,16-17,21-25,31-33,37-39,41,51,53H,11,14-15,18-20,43H2,1-10H3/b45-35?,46-28-/t21-,22-,23+,24+,25-,31+,32-,33-,37-,38-,39+,41+,42-/m1/s1. The normalized spacial score (nSPS) is 36.4. The highest BCUT2D eigenvalue weighted by atomic mass is 16.7. The maximum Gasteiger partial charge on any atom is 0.316 e. The smallest absolute Gasteiger partial charge is 0.316 e. The van der Waals surface area contributed by atoms with Crippen molar-refractivity contribution in [2.24, 2.45) is 33.8 Å². The second kappa shape index (κ2) is 20.1. The number of nitrogens with zero attached hydrogens (tertiary/aromatic N) is 5. The lowest BCUT2D eigenvalue weighted by atomic mass is 9.76. The number of nitrogen functional groups attached to an aromatic ring is 1. The van der Waals surface area contributed by atoms with Gasteiger partial charge in [-0.3, -0.25) is 19.4 Å². The van der Waals surface area contributed by atoms with Crippen molar-refractivity contribution < 1.29 is 57.6 Å². The molecule has 2 bridgehead atoms. The molecule has 3 aliphatic rings. The highest BCUT2D eigenvalue weighted by Crippen LogP contribution is 2.36. The highest BCUT2D eigenvalue weighted by molar-refractivity contribution is 6.00. The quantitative estimate of drug-likeness (QED) is 0.196. The van der Waals surface area contributed by atoms with Crippen LogP contribution in [0.1, 0.15) is 80.2 Å². The average Bonchev–Trinajstić information content (AvgIpc) is 3.63. The van der Waals surface area contributed by atoms with Gasteiger partial charge in [0.2, 0.25) is 11.8 Å². The molecule has 4 N–H and O–H groups in total. The lowest BCUT2D eigenvalue weighted by molar-refractivity contribution is -0.284. The topological polar surface area (TPSA) is 240 Å². The first-order chi connectivity index (χ1) is 28.3. The molecule has 0 radical (unpaired) electrons. The highest BCUT2D eigenvalue weighted by Gasteiger charge is 2.50. The van der Waals surface area contributed by atoms with Gasteiger partial charge in [-0.15, -0.1) is 0 Å². The summed E-state index contributed by atoms with van der Waals surface area (Å²) in [6.45, 7) is 12.8. The van der Waals surface area contributed by atoms with Crippen molar-refractivity contribution in [3.63, 3.8) is 0 Å². The number of esters is 1. The summed E-state index contributed by atoms with van der Waals surface area (Å²) in [5.41, 5.74) is 6.19. The number of fused-ring (bicyclic) bond motifs is 5. The third-order valence-corrected chi connectivity index (χ3v) is 11.7. The van der Waals surface area contributed by atoms with Crippen LogP contribution in [0, 0.1) is 23.7 Å². The van der Waals surface area contributed by atoms with Gasteiger partial charge >= 0.3 is 5.97 Å². The molecular weight excluding hydrogens is 780 g/mol. The number of anilines is 1. The zero-order valence-electron chi connectivity index (χ0n) is 36.3. The molecule has 60 heavy (non-hydrogen) atoms. The van der Waals surface area contributed by atoms with E-state index in [1.807, 2.05) is 32.8 Å². The van der Waals surface area contributed by atoms with Crippen LogP contribution in [0.25, 0.3) is 11.4 Å². The number of Topliss-reactive ketones (excluding diaryl/α,β-unsaturated/α-hetero) is 1. The van der Waals surface area contributed by atoms with Gasteiger partial charge in [-0.1, -0.05) is 44.1 Å². The molecule has 0 aromatic carbocycles. The van der Waals surface area contributed by atoms with Crippen LogP contribution in [0.3, 0.4) is 0 Å². The summed E-state index contributed by atoms with van der Waals surface area (Å²) in [6, 6.07) is 4.77.